The lowest BCUT2D eigenvalue weighted by Gasteiger charge is -2.29. The number of quaternary nitrogens is 1. The molecular formula is C15H23N4O3+. The summed E-state index contributed by atoms with van der Waals surface area (Å²) in [5.74, 6) is 0.761. The summed E-state index contributed by atoms with van der Waals surface area (Å²) in [5, 5.41) is 18.1. The zero-order chi connectivity index (χ0) is 17.2. The highest BCUT2D eigenvalue weighted by Crippen LogP contribution is 2.00. The van der Waals surface area contributed by atoms with Crippen LogP contribution in [0.4, 0.5) is 0 Å². The molecule has 0 saturated heterocycles. The van der Waals surface area contributed by atoms with Gasteiger partial charge in [0.25, 0.3) is 0 Å². The Labute approximate surface area is 131 Å². The Balaban J connectivity index is 4.03. The first-order valence-corrected chi connectivity index (χ1v) is 6.86. The van der Waals surface area contributed by atoms with E-state index in [0.717, 1.165) is 13.0 Å². The normalized spacial score (nSPS) is 10.1. The lowest BCUT2D eigenvalue weighted by molar-refractivity contribution is -0.890. The van der Waals surface area contributed by atoms with E-state index in [2.05, 4.69) is 11.9 Å². The van der Waals surface area contributed by atoms with Gasteiger partial charge in [-0.25, -0.2) is 4.79 Å². The summed E-state index contributed by atoms with van der Waals surface area (Å²) in [6.07, 6.45) is 0.782. The number of hydrogen-bond acceptors (Lipinski definition) is 5. The van der Waals surface area contributed by atoms with E-state index in [1.165, 1.54) is 0 Å². The Kier molecular flexibility index (Phi) is 8.46. The van der Waals surface area contributed by atoms with Gasteiger partial charge in [-0.3, -0.25) is 10.2 Å². The van der Waals surface area contributed by atoms with Crippen molar-refractivity contribution >= 4 is 17.7 Å². The van der Waals surface area contributed by atoms with Gasteiger partial charge in [0.05, 0.1) is 20.6 Å². The second-order valence-corrected chi connectivity index (χ2v) is 5.52. The van der Waals surface area contributed by atoms with Gasteiger partial charge in [0.1, 0.15) is 19.2 Å². The molecule has 0 aromatic heterocycles. The smallest absolute Gasteiger partial charge is 0.358 e. The summed E-state index contributed by atoms with van der Waals surface area (Å²) in [6.45, 7) is 7.28. The van der Waals surface area contributed by atoms with Gasteiger partial charge in [0.15, 0.2) is 5.57 Å². The molecule has 1 amide bonds. The van der Waals surface area contributed by atoms with Crippen LogP contribution in [0.2, 0.25) is 0 Å². The van der Waals surface area contributed by atoms with E-state index in [9.17, 15) is 9.59 Å². The molecule has 0 spiro atoms. The number of nitrogens with zero attached hydrogens (tertiary/aromatic N) is 2. The molecule has 0 atom stereocenters. The highest BCUT2D eigenvalue weighted by molar-refractivity contribution is 6.01. The van der Waals surface area contributed by atoms with Crippen molar-refractivity contribution in [3.05, 3.63) is 17.7 Å². The van der Waals surface area contributed by atoms with Crippen LogP contribution in [0.1, 0.15) is 13.3 Å². The van der Waals surface area contributed by atoms with Crippen LogP contribution >= 0.6 is 0 Å². The summed E-state index contributed by atoms with van der Waals surface area (Å²) >= 11 is 0. The predicted molar refractivity (Wildman–Crippen MR) is 82.1 cm³/mol. The van der Waals surface area contributed by atoms with Crippen LogP contribution in [0, 0.1) is 16.7 Å². The molecule has 7 nitrogen and oxygen atoms in total. The van der Waals surface area contributed by atoms with Crippen LogP contribution in [0.25, 0.3) is 0 Å². The van der Waals surface area contributed by atoms with E-state index >= 15 is 0 Å². The Morgan fingerprint density at radius 3 is 2.50 bits per heavy atom. The maximum Gasteiger partial charge on any atom is 0.358 e. The number of carbonyl (C=O) groups excluding carboxylic acids is 2. The minimum absolute atomic E-state index is 0.150. The quantitative estimate of drug-likeness (QED) is 0.160. The number of ether oxygens (including phenoxy) is 1. The monoisotopic (exact) mass is 307 g/mol. The summed E-state index contributed by atoms with van der Waals surface area (Å²) in [7, 11) is 3.96. The average molecular weight is 307 g/mol. The number of rotatable bonds is 9. The van der Waals surface area contributed by atoms with Crippen LogP contribution in [0.5, 0.6) is 0 Å². The third kappa shape index (κ3) is 8.00. The van der Waals surface area contributed by atoms with E-state index in [0.29, 0.717) is 23.1 Å². The zero-order valence-electron chi connectivity index (χ0n) is 13.4. The van der Waals surface area contributed by atoms with E-state index in [-0.39, 0.29) is 12.5 Å². The number of nitrogens with one attached hydrogen (secondary N) is 2. The fraction of sp³-hybridized carbons (Fsp3) is 0.533. The minimum Gasteiger partial charge on any atom is -0.455 e. The van der Waals surface area contributed by atoms with Crippen molar-refractivity contribution < 1.29 is 18.8 Å². The number of likely N-dealkylation sites (N-methyl/N-ethyl adjacent to an activating group) is 1. The molecule has 22 heavy (non-hydrogen) atoms. The Morgan fingerprint density at radius 1 is 1.36 bits per heavy atom. The van der Waals surface area contributed by atoms with Crippen LogP contribution in [-0.4, -0.2) is 62.6 Å². The van der Waals surface area contributed by atoms with Crippen LogP contribution in [0.3, 0.4) is 0 Å². The largest absolute Gasteiger partial charge is 0.455 e. The van der Waals surface area contributed by atoms with E-state index in [4.69, 9.17) is 15.4 Å². The molecule has 120 valence electrons. The molecule has 0 unspecified atom stereocenters. The maximum absolute atomic E-state index is 11.4. The number of nitriles is 1. The molecule has 0 radical (unpaired) electrons. The van der Waals surface area contributed by atoms with Gasteiger partial charge in [-0.15, -0.1) is 0 Å². The van der Waals surface area contributed by atoms with Crippen LogP contribution in [0.15, 0.2) is 17.7 Å². The van der Waals surface area contributed by atoms with Gasteiger partial charge in [-0.1, -0.05) is 6.58 Å². The Bertz CT molecular complexity index is 525. The van der Waals surface area contributed by atoms with Crippen molar-refractivity contribution in [1.29, 1.82) is 10.7 Å². The van der Waals surface area contributed by atoms with E-state index < -0.39 is 11.5 Å². The lowest BCUT2D eigenvalue weighted by Crippen LogP contribution is -2.44. The van der Waals surface area contributed by atoms with Crippen molar-refractivity contribution in [3.63, 3.8) is 0 Å². The van der Waals surface area contributed by atoms with Crippen molar-refractivity contribution in [1.82, 2.24) is 5.32 Å². The topological polar surface area (TPSA) is 103 Å². The molecule has 0 aliphatic rings. The van der Waals surface area contributed by atoms with Gasteiger partial charge in [0, 0.05) is 24.4 Å². The van der Waals surface area contributed by atoms with Crippen molar-refractivity contribution in [2.45, 2.75) is 13.3 Å². The zero-order valence-corrected chi connectivity index (χ0v) is 13.4. The molecule has 0 saturated carbocycles. The molecule has 0 aromatic carbocycles. The first-order valence-electron chi connectivity index (χ1n) is 6.86. The number of esters is 1. The molecular weight excluding hydrogens is 284 g/mol. The summed E-state index contributed by atoms with van der Waals surface area (Å²) in [6, 6.07) is 1.55. The number of carbonyl (C=O) groups is 2. The van der Waals surface area contributed by atoms with Crippen LogP contribution < -0.4 is 5.32 Å². The van der Waals surface area contributed by atoms with Gasteiger partial charge < -0.3 is 14.5 Å². The molecule has 0 fully saturated rings. The highest BCUT2D eigenvalue weighted by Gasteiger charge is 2.17. The predicted octanol–water partition coefficient (Wildman–Crippen LogP) is 0.387. The molecule has 2 N–H and O–H groups in total. The molecule has 0 aliphatic carbocycles. The first kappa shape index (κ1) is 19.6. The Morgan fingerprint density at radius 2 is 2.00 bits per heavy atom. The molecule has 0 heterocycles. The molecule has 0 rings (SSSR count). The lowest BCUT2D eigenvalue weighted by atomic mass is 10.3. The number of amides is 1. The maximum atomic E-state index is 11.4. The fourth-order valence-electron chi connectivity index (χ4n) is 1.55. The summed E-state index contributed by atoms with van der Waals surface area (Å²) in [5.41, 5.74) is 0.0426. The van der Waals surface area contributed by atoms with Gasteiger partial charge in [-0.05, 0) is 6.92 Å². The van der Waals surface area contributed by atoms with Crippen molar-refractivity contribution in [2.24, 2.45) is 0 Å². The standard InChI is InChI=1S/C15H22N4O3/c1-12(2)14(20)18-6-5-7-19(3,4)8-9-22-15(21)13(10-16)11-17/h16H,1,5-9H2,2-4H3/p+1. The third-order valence-electron chi connectivity index (χ3n) is 2.98. The van der Waals surface area contributed by atoms with Crippen LogP contribution in [-0.2, 0) is 14.3 Å². The van der Waals surface area contributed by atoms with Gasteiger partial charge >= 0.3 is 5.97 Å². The molecule has 0 aliphatic heterocycles. The summed E-state index contributed by atoms with van der Waals surface area (Å²) in [4.78, 5) is 22.7. The second kappa shape index (κ2) is 9.50. The first-order chi connectivity index (χ1) is 10.2. The number of hydrogen-bond donors (Lipinski definition) is 2. The second-order valence-electron chi connectivity index (χ2n) is 5.52. The molecule has 7 heteroatoms. The highest BCUT2D eigenvalue weighted by atomic mass is 16.5. The van der Waals surface area contributed by atoms with Gasteiger partial charge in [0.2, 0.25) is 5.91 Å². The third-order valence-corrected chi connectivity index (χ3v) is 2.98. The fourth-order valence-corrected chi connectivity index (χ4v) is 1.55. The average Bonchev–Trinajstić information content (AvgIpc) is 2.44. The van der Waals surface area contributed by atoms with Crippen molar-refractivity contribution in [2.75, 3.05) is 40.3 Å². The van der Waals surface area contributed by atoms with Gasteiger partial charge in [-0.2, -0.15) is 5.26 Å². The molecule has 0 aromatic rings. The van der Waals surface area contributed by atoms with Crippen molar-refractivity contribution in [3.8, 4) is 6.07 Å². The Hall–Kier alpha value is -2.42. The summed E-state index contributed by atoms with van der Waals surface area (Å²) < 4.78 is 5.52. The van der Waals surface area contributed by atoms with E-state index in [1.807, 2.05) is 14.1 Å². The minimum atomic E-state index is -0.828. The molecule has 0 bridgehead atoms. The SMILES string of the molecule is C=C(C)C(=O)NCCC[N+](C)(C)CCOC(=O)C(=C=N)C#N. The van der Waals surface area contributed by atoms with E-state index in [1.54, 1.807) is 18.9 Å².